The zero-order chi connectivity index (χ0) is 11.7. The molecular formula is C12H15FN2O. The Bertz CT molecular complexity index is 427. The Kier molecular flexibility index (Phi) is 2.81. The molecule has 1 aliphatic carbocycles. The number of nitrogens with one attached hydrogen (secondary N) is 1. The van der Waals surface area contributed by atoms with Gasteiger partial charge >= 0.3 is 0 Å². The Morgan fingerprint density at radius 2 is 2.19 bits per heavy atom. The molecular weight excluding hydrogens is 207 g/mol. The van der Waals surface area contributed by atoms with Crippen LogP contribution in [0.2, 0.25) is 0 Å². The lowest BCUT2D eigenvalue weighted by molar-refractivity contribution is 0.1000. The van der Waals surface area contributed by atoms with Gasteiger partial charge in [0.15, 0.2) is 0 Å². The fourth-order valence-corrected chi connectivity index (χ4v) is 1.74. The molecule has 3 N–H and O–H groups in total. The Morgan fingerprint density at radius 1 is 1.50 bits per heavy atom. The van der Waals surface area contributed by atoms with E-state index >= 15 is 0 Å². The first-order chi connectivity index (χ1) is 7.58. The molecule has 3 nitrogen and oxygen atoms in total. The highest BCUT2D eigenvalue weighted by molar-refractivity contribution is 5.94. The molecule has 1 aromatic carbocycles. The van der Waals surface area contributed by atoms with Gasteiger partial charge in [0, 0.05) is 22.9 Å². The van der Waals surface area contributed by atoms with Gasteiger partial charge in [-0.05, 0) is 38.3 Å². The van der Waals surface area contributed by atoms with E-state index in [4.69, 9.17) is 5.73 Å². The molecule has 0 atom stereocenters. The summed E-state index contributed by atoms with van der Waals surface area (Å²) in [6.07, 6.45) is 3.40. The minimum absolute atomic E-state index is 0.213. The molecule has 0 heterocycles. The van der Waals surface area contributed by atoms with Gasteiger partial charge in [0.05, 0.1) is 0 Å². The molecule has 16 heavy (non-hydrogen) atoms. The lowest BCUT2D eigenvalue weighted by Crippen LogP contribution is -2.27. The lowest BCUT2D eigenvalue weighted by atomic mass is 9.92. The van der Waals surface area contributed by atoms with Crippen molar-refractivity contribution in [3.8, 4) is 0 Å². The number of hydrogen-bond donors (Lipinski definition) is 2. The van der Waals surface area contributed by atoms with Gasteiger partial charge in [0.25, 0.3) is 0 Å². The van der Waals surface area contributed by atoms with Gasteiger partial charge in [0.1, 0.15) is 5.82 Å². The van der Waals surface area contributed by atoms with E-state index < -0.39 is 11.7 Å². The Balaban J connectivity index is 2.30. The van der Waals surface area contributed by atoms with Gasteiger partial charge in [-0.25, -0.2) is 4.39 Å². The molecule has 0 radical (unpaired) electrons. The summed E-state index contributed by atoms with van der Waals surface area (Å²) in [4.78, 5) is 11.0. The maximum absolute atomic E-state index is 13.5. The van der Waals surface area contributed by atoms with Crippen molar-refractivity contribution in [1.82, 2.24) is 0 Å². The maximum atomic E-state index is 13.5. The second-order valence-electron chi connectivity index (χ2n) is 4.27. The average molecular weight is 222 g/mol. The number of primary amides is 1. The predicted octanol–water partition coefficient (Wildman–Crippen LogP) is 2.20. The van der Waals surface area contributed by atoms with Crippen LogP contribution in [0.1, 0.15) is 35.2 Å². The van der Waals surface area contributed by atoms with Crippen LogP contribution in [0.15, 0.2) is 12.1 Å². The molecule has 0 aromatic heterocycles. The first-order valence-corrected chi connectivity index (χ1v) is 5.44. The van der Waals surface area contributed by atoms with Gasteiger partial charge in [-0.1, -0.05) is 0 Å². The van der Waals surface area contributed by atoms with Crippen molar-refractivity contribution in [2.75, 3.05) is 5.32 Å². The quantitative estimate of drug-likeness (QED) is 0.823. The minimum Gasteiger partial charge on any atom is -0.382 e. The first-order valence-electron chi connectivity index (χ1n) is 5.44. The fourth-order valence-electron chi connectivity index (χ4n) is 1.74. The number of halogens is 1. The van der Waals surface area contributed by atoms with Crippen molar-refractivity contribution >= 4 is 11.6 Å². The summed E-state index contributed by atoms with van der Waals surface area (Å²) in [7, 11) is 0. The molecule has 86 valence electrons. The highest BCUT2D eigenvalue weighted by atomic mass is 19.1. The van der Waals surface area contributed by atoms with Gasteiger partial charge in [-0.2, -0.15) is 0 Å². The number of amides is 1. The number of hydrogen-bond acceptors (Lipinski definition) is 2. The van der Waals surface area contributed by atoms with Gasteiger partial charge in [-0.15, -0.1) is 0 Å². The highest BCUT2D eigenvalue weighted by Gasteiger charge is 2.19. The average Bonchev–Trinajstić information content (AvgIpc) is 2.17. The molecule has 0 saturated heterocycles. The summed E-state index contributed by atoms with van der Waals surface area (Å²) in [6.45, 7) is 1.70. The minimum atomic E-state index is -0.601. The fraction of sp³-hybridized carbons (Fsp3) is 0.417. The van der Waals surface area contributed by atoms with E-state index in [-0.39, 0.29) is 5.56 Å². The molecule has 4 heteroatoms. The van der Waals surface area contributed by atoms with Crippen LogP contribution in [-0.4, -0.2) is 11.9 Å². The number of carbonyl (C=O) groups is 1. The third-order valence-electron chi connectivity index (χ3n) is 3.09. The molecule has 0 spiro atoms. The third kappa shape index (κ3) is 2.01. The number of anilines is 1. The molecule has 0 aliphatic heterocycles. The zero-order valence-corrected chi connectivity index (χ0v) is 9.22. The van der Waals surface area contributed by atoms with E-state index in [1.54, 1.807) is 13.0 Å². The normalized spacial score (nSPS) is 15.6. The highest BCUT2D eigenvalue weighted by Crippen LogP contribution is 2.27. The van der Waals surface area contributed by atoms with Crippen LogP contribution in [0.5, 0.6) is 0 Å². The molecule has 0 bridgehead atoms. The van der Waals surface area contributed by atoms with Crippen molar-refractivity contribution in [1.29, 1.82) is 0 Å². The first kappa shape index (κ1) is 10.9. The topological polar surface area (TPSA) is 55.1 Å². The molecule has 1 amide bonds. The van der Waals surface area contributed by atoms with Crippen LogP contribution in [0.25, 0.3) is 0 Å². The largest absolute Gasteiger partial charge is 0.382 e. The molecule has 0 unspecified atom stereocenters. The lowest BCUT2D eigenvalue weighted by Gasteiger charge is -2.28. The number of carbonyl (C=O) groups excluding carboxylic acids is 1. The summed E-state index contributed by atoms with van der Waals surface area (Å²) in [5, 5.41) is 3.23. The van der Waals surface area contributed by atoms with Gasteiger partial charge < -0.3 is 11.1 Å². The number of nitrogens with two attached hydrogens (primary N) is 1. The van der Waals surface area contributed by atoms with Crippen LogP contribution in [0.4, 0.5) is 10.1 Å². The van der Waals surface area contributed by atoms with Crippen molar-refractivity contribution in [2.24, 2.45) is 5.73 Å². The van der Waals surface area contributed by atoms with E-state index in [2.05, 4.69) is 5.32 Å². The summed E-state index contributed by atoms with van der Waals surface area (Å²) in [5.41, 5.74) is 6.58. The third-order valence-corrected chi connectivity index (χ3v) is 3.09. The van der Waals surface area contributed by atoms with E-state index in [0.29, 0.717) is 17.3 Å². The van der Waals surface area contributed by atoms with Crippen LogP contribution < -0.4 is 11.1 Å². The van der Waals surface area contributed by atoms with Crippen LogP contribution in [0.3, 0.4) is 0 Å². The maximum Gasteiger partial charge on any atom is 0.248 e. The summed E-state index contributed by atoms with van der Waals surface area (Å²) < 4.78 is 13.5. The SMILES string of the molecule is Cc1c(F)cc(C(N)=O)cc1NC1CCC1. The Morgan fingerprint density at radius 3 is 2.69 bits per heavy atom. The molecule has 1 saturated carbocycles. The monoisotopic (exact) mass is 222 g/mol. The van der Waals surface area contributed by atoms with Crippen molar-refractivity contribution < 1.29 is 9.18 Å². The van der Waals surface area contributed by atoms with Gasteiger partial charge in [-0.3, -0.25) is 4.79 Å². The van der Waals surface area contributed by atoms with Crippen molar-refractivity contribution in [2.45, 2.75) is 32.2 Å². The predicted molar refractivity (Wildman–Crippen MR) is 60.9 cm³/mol. The van der Waals surface area contributed by atoms with Crippen molar-refractivity contribution in [3.05, 3.63) is 29.1 Å². The summed E-state index contributed by atoms with van der Waals surface area (Å²) >= 11 is 0. The number of rotatable bonds is 3. The Hall–Kier alpha value is -1.58. The van der Waals surface area contributed by atoms with E-state index in [1.165, 1.54) is 12.5 Å². The van der Waals surface area contributed by atoms with Gasteiger partial charge in [0.2, 0.25) is 5.91 Å². The van der Waals surface area contributed by atoms with Crippen LogP contribution in [-0.2, 0) is 0 Å². The van der Waals surface area contributed by atoms with E-state index in [0.717, 1.165) is 12.8 Å². The zero-order valence-electron chi connectivity index (χ0n) is 9.22. The van der Waals surface area contributed by atoms with Crippen LogP contribution >= 0.6 is 0 Å². The smallest absolute Gasteiger partial charge is 0.248 e. The Labute approximate surface area is 93.8 Å². The molecule has 1 fully saturated rings. The standard InChI is InChI=1S/C12H15FN2O/c1-7-10(13)5-8(12(14)16)6-11(7)15-9-3-2-4-9/h5-6,9,15H,2-4H2,1H3,(H2,14,16). The number of benzene rings is 1. The second kappa shape index (κ2) is 4.12. The molecule has 1 aromatic rings. The van der Waals surface area contributed by atoms with E-state index in [1.807, 2.05) is 0 Å². The van der Waals surface area contributed by atoms with Crippen LogP contribution in [0, 0.1) is 12.7 Å². The van der Waals surface area contributed by atoms with E-state index in [9.17, 15) is 9.18 Å². The molecule has 2 rings (SSSR count). The van der Waals surface area contributed by atoms with Crippen molar-refractivity contribution in [3.63, 3.8) is 0 Å². The summed E-state index contributed by atoms with van der Waals surface area (Å²) in [6, 6.07) is 3.21. The second-order valence-corrected chi connectivity index (χ2v) is 4.27. The summed E-state index contributed by atoms with van der Waals surface area (Å²) in [5.74, 6) is -0.992. The molecule has 1 aliphatic rings.